The minimum Gasteiger partial charge on any atom is -0.550 e. The molecule has 3 nitrogen and oxygen atoms in total. The second-order valence-electron chi connectivity index (χ2n) is 4.06. The average molecular weight is 209 g/mol. The van der Waals surface area contributed by atoms with Gasteiger partial charge in [-0.05, 0) is 31.6 Å². The van der Waals surface area contributed by atoms with Crippen LogP contribution in [0.3, 0.4) is 0 Å². The second kappa shape index (κ2) is 5.69. The molecule has 0 spiro atoms. The maximum atomic E-state index is 11.5. The first-order valence-electron chi connectivity index (χ1n) is 5.52. The van der Waals surface area contributed by atoms with E-state index in [1.807, 2.05) is 19.1 Å². The molecule has 0 radical (unpaired) electrons. The number of aliphatic carboxylic acids is 1. The molecule has 0 bridgehead atoms. The fraction of sp³-hybridized carbons (Fsp3) is 0.667. The molecule has 1 aliphatic carbocycles. The molecule has 0 N–H and O–H groups in total. The SMILES string of the molecule is CC/C=C\C[C@H]1C(=O)CC[C@@H]1CC(=O)[O-]. The van der Waals surface area contributed by atoms with Crippen molar-refractivity contribution < 1.29 is 14.7 Å². The number of allylic oxidation sites excluding steroid dienone is 2. The van der Waals surface area contributed by atoms with Crippen LogP contribution >= 0.6 is 0 Å². The summed E-state index contributed by atoms with van der Waals surface area (Å²) in [5.74, 6) is -0.934. The first kappa shape index (κ1) is 12.0. The largest absolute Gasteiger partial charge is 0.550 e. The van der Waals surface area contributed by atoms with Crippen LogP contribution in [0.1, 0.15) is 39.0 Å². The highest BCUT2D eigenvalue weighted by Crippen LogP contribution is 2.33. The molecule has 15 heavy (non-hydrogen) atoms. The van der Waals surface area contributed by atoms with Crippen LogP contribution in [0.2, 0.25) is 0 Å². The van der Waals surface area contributed by atoms with Gasteiger partial charge in [-0.3, -0.25) is 4.79 Å². The Bertz CT molecular complexity index is 268. The van der Waals surface area contributed by atoms with E-state index in [0.717, 1.165) is 6.42 Å². The third-order valence-corrected chi connectivity index (χ3v) is 2.97. The van der Waals surface area contributed by atoms with Gasteiger partial charge >= 0.3 is 0 Å². The molecule has 84 valence electrons. The monoisotopic (exact) mass is 209 g/mol. The summed E-state index contributed by atoms with van der Waals surface area (Å²) in [5, 5.41) is 10.5. The van der Waals surface area contributed by atoms with Crippen molar-refractivity contribution in [2.75, 3.05) is 0 Å². The molecular weight excluding hydrogens is 192 g/mol. The Morgan fingerprint density at radius 3 is 2.87 bits per heavy atom. The molecule has 0 aromatic carbocycles. The van der Waals surface area contributed by atoms with Gasteiger partial charge in [0.05, 0.1) is 0 Å². The fourth-order valence-electron chi connectivity index (χ4n) is 2.17. The molecule has 0 aliphatic heterocycles. The van der Waals surface area contributed by atoms with E-state index in [2.05, 4.69) is 0 Å². The van der Waals surface area contributed by atoms with Gasteiger partial charge in [-0.2, -0.15) is 0 Å². The lowest BCUT2D eigenvalue weighted by Gasteiger charge is -2.17. The van der Waals surface area contributed by atoms with Crippen molar-refractivity contribution in [3.05, 3.63) is 12.2 Å². The highest BCUT2D eigenvalue weighted by atomic mass is 16.4. The predicted molar refractivity (Wildman–Crippen MR) is 54.9 cm³/mol. The maximum Gasteiger partial charge on any atom is 0.136 e. The molecule has 0 aromatic heterocycles. The summed E-state index contributed by atoms with van der Waals surface area (Å²) in [5.41, 5.74) is 0. The van der Waals surface area contributed by atoms with E-state index in [4.69, 9.17) is 0 Å². The van der Waals surface area contributed by atoms with Gasteiger partial charge in [-0.1, -0.05) is 19.1 Å². The van der Waals surface area contributed by atoms with E-state index in [1.54, 1.807) is 0 Å². The Balaban J connectivity index is 2.52. The van der Waals surface area contributed by atoms with E-state index in [9.17, 15) is 14.7 Å². The minimum atomic E-state index is -1.04. The maximum absolute atomic E-state index is 11.5. The van der Waals surface area contributed by atoms with E-state index in [-0.39, 0.29) is 24.0 Å². The molecule has 0 heterocycles. The molecule has 1 saturated carbocycles. The van der Waals surface area contributed by atoms with E-state index >= 15 is 0 Å². The highest BCUT2D eigenvalue weighted by Gasteiger charge is 2.33. The number of carbonyl (C=O) groups excluding carboxylic acids is 2. The van der Waals surface area contributed by atoms with Gasteiger partial charge in [0.2, 0.25) is 0 Å². The fourth-order valence-corrected chi connectivity index (χ4v) is 2.17. The van der Waals surface area contributed by atoms with Crippen LogP contribution in [0.25, 0.3) is 0 Å². The van der Waals surface area contributed by atoms with Gasteiger partial charge in [0.15, 0.2) is 0 Å². The van der Waals surface area contributed by atoms with Crippen LogP contribution in [0.4, 0.5) is 0 Å². The Kier molecular flexibility index (Phi) is 4.53. The number of hydrogen-bond acceptors (Lipinski definition) is 3. The van der Waals surface area contributed by atoms with Crippen LogP contribution in [0.15, 0.2) is 12.2 Å². The summed E-state index contributed by atoms with van der Waals surface area (Å²) < 4.78 is 0. The van der Waals surface area contributed by atoms with Gasteiger partial charge in [0.25, 0.3) is 0 Å². The number of hydrogen-bond donors (Lipinski definition) is 0. The number of rotatable bonds is 5. The van der Waals surface area contributed by atoms with Gasteiger partial charge < -0.3 is 9.90 Å². The van der Waals surface area contributed by atoms with Gasteiger partial charge in [-0.15, -0.1) is 0 Å². The van der Waals surface area contributed by atoms with Crippen LogP contribution < -0.4 is 5.11 Å². The smallest absolute Gasteiger partial charge is 0.136 e. The van der Waals surface area contributed by atoms with Crippen LogP contribution in [0, 0.1) is 11.8 Å². The van der Waals surface area contributed by atoms with E-state index in [1.165, 1.54) is 0 Å². The van der Waals surface area contributed by atoms with Gasteiger partial charge in [0, 0.05) is 18.3 Å². The summed E-state index contributed by atoms with van der Waals surface area (Å²) in [6.07, 6.45) is 6.89. The van der Waals surface area contributed by atoms with Crippen LogP contribution in [-0.2, 0) is 9.59 Å². The van der Waals surface area contributed by atoms with Crippen molar-refractivity contribution in [2.24, 2.45) is 11.8 Å². The van der Waals surface area contributed by atoms with Gasteiger partial charge in [-0.25, -0.2) is 0 Å². The quantitative estimate of drug-likeness (QED) is 0.636. The topological polar surface area (TPSA) is 57.2 Å². The Hall–Kier alpha value is -1.12. The van der Waals surface area contributed by atoms with Crippen molar-refractivity contribution >= 4 is 11.8 Å². The van der Waals surface area contributed by atoms with E-state index in [0.29, 0.717) is 19.3 Å². The lowest BCUT2D eigenvalue weighted by atomic mass is 9.89. The summed E-state index contributed by atoms with van der Waals surface area (Å²) in [6, 6.07) is 0. The number of carboxylic acids is 1. The molecule has 0 saturated heterocycles. The molecule has 1 rings (SSSR count). The van der Waals surface area contributed by atoms with Crippen LogP contribution in [-0.4, -0.2) is 11.8 Å². The molecule has 0 unspecified atom stereocenters. The standard InChI is InChI=1S/C12H18O3/c1-2-3-4-5-10-9(8-12(14)15)6-7-11(10)13/h3-4,9-10H,2,5-8H2,1H3,(H,14,15)/p-1/b4-3-/t9-,10-/m1/s1. The zero-order valence-corrected chi connectivity index (χ0v) is 9.07. The number of carboxylic acid groups (broad SMARTS) is 1. The van der Waals surface area contributed by atoms with Crippen molar-refractivity contribution in [1.82, 2.24) is 0 Å². The Labute approximate surface area is 90.2 Å². The minimum absolute atomic E-state index is 0.0102. The lowest BCUT2D eigenvalue weighted by Crippen LogP contribution is -2.27. The molecule has 1 fully saturated rings. The van der Waals surface area contributed by atoms with Crippen molar-refractivity contribution in [2.45, 2.75) is 39.0 Å². The summed E-state index contributed by atoms with van der Waals surface area (Å²) in [4.78, 5) is 22.0. The molecule has 3 heteroatoms. The third kappa shape index (κ3) is 3.50. The second-order valence-corrected chi connectivity index (χ2v) is 4.06. The highest BCUT2D eigenvalue weighted by molar-refractivity contribution is 5.84. The number of Topliss-reactive ketones (excluding diaryl/α,β-unsaturated/α-hetero) is 1. The van der Waals surface area contributed by atoms with Crippen molar-refractivity contribution in [3.63, 3.8) is 0 Å². The first-order chi connectivity index (χ1) is 7.15. The molecule has 0 amide bonds. The summed E-state index contributed by atoms with van der Waals surface area (Å²) >= 11 is 0. The average Bonchev–Trinajstić information content (AvgIpc) is 2.49. The number of carbonyl (C=O) groups is 2. The zero-order valence-electron chi connectivity index (χ0n) is 9.07. The Morgan fingerprint density at radius 1 is 1.53 bits per heavy atom. The molecule has 2 atom stereocenters. The Morgan fingerprint density at radius 2 is 2.27 bits per heavy atom. The predicted octanol–water partition coefficient (Wildman–Crippen LogP) is 1.08. The van der Waals surface area contributed by atoms with Crippen LogP contribution in [0.5, 0.6) is 0 Å². The molecule has 0 aromatic rings. The summed E-state index contributed by atoms with van der Waals surface area (Å²) in [6.45, 7) is 2.03. The normalized spacial score (nSPS) is 26.3. The molecular formula is C12H17O3-. The first-order valence-corrected chi connectivity index (χ1v) is 5.52. The van der Waals surface area contributed by atoms with Crippen molar-refractivity contribution in [3.8, 4) is 0 Å². The zero-order chi connectivity index (χ0) is 11.3. The van der Waals surface area contributed by atoms with Crippen molar-refractivity contribution in [1.29, 1.82) is 0 Å². The molecule has 1 aliphatic rings. The number of ketones is 1. The third-order valence-electron chi connectivity index (χ3n) is 2.97. The lowest BCUT2D eigenvalue weighted by molar-refractivity contribution is -0.307. The van der Waals surface area contributed by atoms with Gasteiger partial charge in [0.1, 0.15) is 5.78 Å². The summed E-state index contributed by atoms with van der Waals surface area (Å²) in [7, 11) is 0. The van der Waals surface area contributed by atoms with E-state index < -0.39 is 5.97 Å².